The molecular weight excluding hydrogens is 260 g/mol. The van der Waals surface area contributed by atoms with Crippen LogP contribution in [0.15, 0.2) is 42.6 Å². The van der Waals surface area contributed by atoms with Crippen molar-refractivity contribution in [2.45, 2.75) is 12.5 Å². The summed E-state index contributed by atoms with van der Waals surface area (Å²) in [6.07, 6.45) is 2.62. The smallest absolute Gasteiger partial charge is 0.141 e. The van der Waals surface area contributed by atoms with Crippen molar-refractivity contribution in [2.75, 3.05) is 14.2 Å². The molecule has 0 spiro atoms. The number of methoxy groups -OCH3 is 1. The Hall–Kier alpha value is -1.58. The van der Waals surface area contributed by atoms with Crippen molar-refractivity contribution in [3.8, 4) is 5.75 Å². The van der Waals surface area contributed by atoms with Gasteiger partial charge in [-0.25, -0.2) is 0 Å². The third-order valence-electron chi connectivity index (χ3n) is 3.05. The molecule has 0 fully saturated rings. The second-order valence-corrected chi connectivity index (χ2v) is 4.70. The van der Waals surface area contributed by atoms with Crippen LogP contribution in [0, 0.1) is 0 Å². The molecule has 1 aromatic heterocycles. The van der Waals surface area contributed by atoms with Gasteiger partial charge in [-0.15, -0.1) is 0 Å². The number of nitrogens with one attached hydrogen (secondary N) is 1. The molecule has 0 saturated carbocycles. The summed E-state index contributed by atoms with van der Waals surface area (Å²) in [7, 11) is 3.59. The molecule has 4 heteroatoms. The number of rotatable bonds is 5. The molecular formula is C15H17ClN2O. The van der Waals surface area contributed by atoms with Gasteiger partial charge >= 0.3 is 0 Å². The first-order chi connectivity index (χ1) is 9.24. The molecule has 0 aliphatic heterocycles. The molecule has 1 aromatic carbocycles. The molecule has 0 saturated heterocycles. The van der Waals surface area contributed by atoms with Crippen LogP contribution in [-0.2, 0) is 6.42 Å². The summed E-state index contributed by atoms with van der Waals surface area (Å²) in [6, 6.07) is 11.8. The highest BCUT2D eigenvalue weighted by Crippen LogP contribution is 2.25. The number of ether oxygens (including phenoxy) is 1. The van der Waals surface area contributed by atoms with E-state index in [1.165, 1.54) is 5.56 Å². The average Bonchev–Trinajstić information content (AvgIpc) is 2.46. The first-order valence-corrected chi connectivity index (χ1v) is 6.53. The molecule has 0 aliphatic rings. The Morgan fingerprint density at radius 1 is 1.26 bits per heavy atom. The van der Waals surface area contributed by atoms with Crippen LogP contribution in [0.2, 0.25) is 5.02 Å². The second kappa shape index (κ2) is 6.55. The maximum absolute atomic E-state index is 5.90. The molecule has 0 bridgehead atoms. The highest BCUT2D eigenvalue weighted by molar-refractivity contribution is 6.30. The van der Waals surface area contributed by atoms with E-state index in [-0.39, 0.29) is 6.04 Å². The van der Waals surface area contributed by atoms with Gasteiger partial charge in [0.2, 0.25) is 0 Å². The van der Waals surface area contributed by atoms with E-state index in [0.717, 1.165) is 22.9 Å². The van der Waals surface area contributed by atoms with E-state index in [1.807, 2.05) is 43.4 Å². The third-order valence-corrected chi connectivity index (χ3v) is 3.30. The Morgan fingerprint density at radius 2 is 2.00 bits per heavy atom. The molecule has 1 heterocycles. The van der Waals surface area contributed by atoms with Crippen molar-refractivity contribution < 1.29 is 4.74 Å². The van der Waals surface area contributed by atoms with Crippen LogP contribution in [0.1, 0.15) is 17.3 Å². The van der Waals surface area contributed by atoms with Gasteiger partial charge < -0.3 is 10.1 Å². The van der Waals surface area contributed by atoms with E-state index in [4.69, 9.17) is 16.3 Å². The number of aromatic nitrogens is 1. The van der Waals surface area contributed by atoms with Crippen LogP contribution in [0.5, 0.6) is 5.75 Å². The second-order valence-electron chi connectivity index (χ2n) is 4.26. The zero-order chi connectivity index (χ0) is 13.7. The van der Waals surface area contributed by atoms with Crippen molar-refractivity contribution in [2.24, 2.45) is 0 Å². The molecule has 1 unspecified atom stereocenters. The standard InChI is InChI=1S/C15H17ClN2O/c1-17-13(10-11-5-7-12(16)8-6-11)15-14(19-2)4-3-9-18-15/h3-9,13,17H,10H2,1-2H3. The maximum Gasteiger partial charge on any atom is 0.141 e. The largest absolute Gasteiger partial charge is 0.495 e. The molecule has 19 heavy (non-hydrogen) atoms. The highest BCUT2D eigenvalue weighted by Gasteiger charge is 2.16. The van der Waals surface area contributed by atoms with Crippen molar-refractivity contribution in [3.63, 3.8) is 0 Å². The predicted octanol–water partition coefficient (Wildman–Crippen LogP) is 3.25. The number of hydrogen-bond donors (Lipinski definition) is 1. The lowest BCUT2D eigenvalue weighted by Gasteiger charge is -2.18. The number of pyridine rings is 1. The topological polar surface area (TPSA) is 34.2 Å². The summed E-state index contributed by atoms with van der Waals surface area (Å²) < 4.78 is 5.36. The van der Waals surface area contributed by atoms with Gasteiger partial charge in [0.25, 0.3) is 0 Å². The summed E-state index contributed by atoms with van der Waals surface area (Å²) in [4.78, 5) is 4.42. The Balaban J connectivity index is 2.22. The minimum atomic E-state index is 0.109. The molecule has 2 aromatic rings. The van der Waals surface area contributed by atoms with Crippen molar-refractivity contribution in [1.29, 1.82) is 0 Å². The zero-order valence-corrected chi connectivity index (χ0v) is 11.8. The monoisotopic (exact) mass is 276 g/mol. The van der Waals surface area contributed by atoms with Gasteiger partial charge in [0, 0.05) is 11.2 Å². The fourth-order valence-corrected chi connectivity index (χ4v) is 2.15. The van der Waals surface area contributed by atoms with Gasteiger partial charge in [-0.2, -0.15) is 0 Å². The quantitative estimate of drug-likeness (QED) is 0.910. The van der Waals surface area contributed by atoms with Gasteiger partial charge in [0.1, 0.15) is 5.75 Å². The number of benzene rings is 1. The lowest BCUT2D eigenvalue weighted by Crippen LogP contribution is -2.20. The fourth-order valence-electron chi connectivity index (χ4n) is 2.03. The van der Waals surface area contributed by atoms with Crippen LogP contribution in [0.3, 0.4) is 0 Å². The summed E-state index contributed by atoms with van der Waals surface area (Å²) in [6.45, 7) is 0. The average molecular weight is 277 g/mol. The van der Waals surface area contributed by atoms with Crippen LogP contribution in [-0.4, -0.2) is 19.1 Å². The van der Waals surface area contributed by atoms with Crippen LogP contribution in [0.4, 0.5) is 0 Å². The predicted molar refractivity (Wildman–Crippen MR) is 77.7 cm³/mol. The van der Waals surface area contributed by atoms with Gasteiger partial charge in [0.05, 0.1) is 18.8 Å². The fraction of sp³-hybridized carbons (Fsp3) is 0.267. The normalized spacial score (nSPS) is 12.2. The van der Waals surface area contributed by atoms with Crippen LogP contribution in [0.25, 0.3) is 0 Å². The summed E-state index contributed by atoms with van der Waals surface area (Å²) >= 11 is 5.90. The van der Waals surface area contributed by atoms with E-state index in [0.29, 0.717) is 0 Å². The Kier molecular flexibility index (Phi) is 4.77. The molecule has 1 N–H and O–H groups in total. The first-order valence-electron chi connectivity index (χ1n) is 6.15. The lowest BCUT2D eigenvalue weighted by atomic mass is 10.0. The molecule has 100 valence electrons. The maximum atomic E-state index is 5.90. The van der Waals surface area contributed by atoms with Crippen LogP contribution < -0.4 is 10.1 Å². The van der Waals surface area contributed by atoms with E-state index in [9.17, 15) is 0 Å². The van der Waals surface area contributed by atoms with Crippen molar-refractivity contribution >= 4 is 11.6 Å². The molecule has 1 atom stereocenters. The molecule has 3 nitrogen and oxygen atoms in total. The number of likely N-dealkylation sites (N-methyl/N-ethyl adjacent to an activating group) is 1. The Bertz CT molecular complexity index is 528. The van der Waals surface area contributed by atoms with Gasteiger partial charge in [-0.1, -0.05) is 23.7 Å². The van der Waals surface area contributed by atoms with Crippen LogP contribution >= 0.6 is 11.6 Å². The van der Waals surface area contributed by atoms with Crippen molar-refractivity contribution in [3.05, 3.63) is 58.9 Å². The lowest BCUT2D eigenvalue weighted by molar-refractivity contribution is 0.396. The summed E-state index contributed by atoms with van der Waals surface area (Å²) in [5.74, 6) is 0.802. The Morgan fingerprint density at radius 3 is 2.63 bits per heavy atom. The van der Waals surface area contributed by atoms with Gasteiger partial charge in [-0.05, 0) is 43.3 Å². The highest BCUT2D eigenvalue weighted by atomic mass is 35.5. The molecule has 2 rings (SSSR count). The first kappa shape index (κ1) is 13.8. The SMILES string of the molecule is CNC(Cc1ccc(Cl)cc1)c1ncccc1OC. The minimum Gasteiger partial charge on any atom is -0.495 e. The number of nitrogens with zero attached hydrogens (tertiary/aromatic N) is 1. The number of hydrogen-bond acceptors (Lipinski definition) is 3. The Labute approximate surface area is 118 Å². The molecule has 0 radical (unpaired) electrons. The van der Waals surface area contributed by atoms with Gasteiger partial charge in [-0.3, -0.25) is 4.98 Å². The molecule has 0 aliphatic carbocycles. The zero-order valence-electron chi connectivity index (χ0n) is 11.1. The van der Waals surface area contributed by atoms with E-state index in [1.54, 1.807) is 13.3 Å². The van der Waals surface area contributed by atoms with Crippen molar-refractivity contribution in [1.82, 2.24) is 10.3 Å². The summed E-state index contributed by atoms with van der Waals surface area (Å²) in [5, 5.41) is 4.03. The van der Waals surface area contributed by atoms with E-state index in [2.05, 4.69) is 10.3 Å². The third kappa shape index (κ3) is 3.46. The molecule has 0 amide bonds. The number of halogens is 1. The van der Waals surface area contributed by atoms with E-state index < -0.39 is 0 Å². The van der Waals surface area contributed by atoms with Gasteiger partial charge in [0.15, 0.2) is 0 Å². The minimum absolute atomic E-state index is 0.109. The summed E-state index contributed by atoms with van der Waals surface area (Å²) in [5.41, 5.74) is 2.12. The van der Waals surface area contributed by atoms with E-state index >= 15 is 0 Å².